The molecule has 0 saturated carbocycles. The molecule has 0 saturated heterocycles. The van der Waals surface area contributed by atoms with Crippen molar-refractivity contribution < 1.29 is 13.2 Å². The molecular weight excluding hydrogens is 501 g/mol. The van der Waals surface area contributed by atoms with Crippen LogP contribution in [0.3, 0.4) is 0 Å². The predicted octanol–water partition coefficient (Wildman–Crippen LogP) is 3.63. The van der Waals surface area contributed by atoms with Crippen molar-refractivity contribution in [2.75, 3.05) is 17.8 Å². The van der Waals surface area contributed by atoms with Gasteiger partial charge in [-0.15, -0.1) is 0 Å². The van der Waals surface area contributed by atoms with Crippen LogP contribution in [0.15, 0.2) is 70.5 Å². The van der Waals surface area contributed by atoms with Crippen molar-refractivity contribution >= 4 is 38.1 Å². The van der Waals surface area contributed by atoms with Gasteiger partial charge in [0, 0.05) is 21.4 Å². The van der Waals surface area contributed by atoms with Gasteiger partial charge in [-0.3, -0.25) is 4.90 Å². The summed E-state index contributed by atoms with van der Waals surface area (Å²) in [5.41, 5.74) is 8.79. The Hall–Kier alpha value is -2.51. The van der Waals surface area contributed by atoms with Crippen LogP contribution >= 0.6 is 22.6 Å². The van der Waals surface area contributed by atoms with E-state index in [0.717, 1.165) is 9.13 Å². The number of hydrogen-bond donors (Lipinski definition) is 1. The van der Waals surface area contributed by atoms with Crippen LogP contribution in [0, 0.1) is 14.9 Å². The maximum Gasteiger partial charge on any atom is 0.177 e. The maximum absolute atomic E-state index is 13.0. The van der Waals surface area contributed by atoms with Crippen LogP contribution < -0.4 is 15.4 Å². The average molecular weight is 519 g/mol. The first kappa shape index (κ1) is 19.8. The number of sulfone groups is 1. The number of rotatable bonds is 3. The monoisotopic (exact) mass is 519 g/mol. The van der Waals surface area contributed by atoms with Gasteiger partial charge >= 0.3 is 0 Å². The fourth-order valence-electron chi connectivity index (χ4n) is 3.91. The van der Waals surface area contributed by atoms with Crippen LogP contribution in [-0.2, 0) is 9.84 Å². The molecule has 6 nitrogen and oxygen atoms in total. The molecule has 0 aromatic heterocycles. The second kappa shape index (κ2) is 7.39. The summed E-state index contributed by atoms with van der Waals surface area (Å²) in [4.78, 5) is 1.98. The summed E-state index contributed by atoms with van der Waals surface area (Å²) in [5.74, 6) is 0.263. The molecule has 4 rings (SSSR count). The summed E-state index contributed by atoms with van der Waals surface area (Å²) in [6.07, 6.45) is 0.351. The summed E-state index contributed by atoms with van der Waals surface area (Å²) >= 11 is 2.18. The van der Waals surface area contributed by atoms with E-state index in [1.165, 1.54) is 0 Å². The van der Waals surface area contributed by atoms with Gasteiger partial charge in [-0.05, 0) is 64.6 Å². The summed E-state index contributed by atoms with van der Waals surface area (Å²) < 4.78 is 32.2. The van der Waals surface area contributed by atoms with Gasteiger partial charge < -0.3 is 10.5 Å². The van der Waals surface area contributed by atoms with E-state index in [2.05, 4.69) is 28.7 Å². The molecule has 0 radical (unpaired) electrons. The molecule has 29 heavy (non-hydrogen) atoms. The Balaban J connectivity index is 1.96. The Labute approximate surface area is 183 Å². The molecule has 148 valence electrons. The molecule has 2 aliphatic rings. The van der Waals surface area contributed by atoms with Gasteiger partial charge in [0.15, 0.2) is 9.84 Å². The first-order valence-corrected chi connectivity index (χ1v) is 11.7. The first-order chi connectivity index (χ1) is 13.9. The zero-order valence-electron chi connectivity index (χ0n) is 15.6. The van der Waals surface area contributed by atoms with E-state index in [1.54, 1.807) is 24.1 Å². The lowest BCUT2D eigenvalue weighted by molar-refractivity contribution is 0.415. The molecule has 0 aliphatic carbocycles. The average Bonchev–Trinajstić information content (AvgIpc) is 3.02. The number of hydrogen-bond acceptors (Lipinski definition) is 6. The molecule has 2 aromatic rings. The minimum absolute atomic E-state index is 0.0107. The van der Waals surface area contributed by atoms with E-state index < -0.39 is 15.8 Å². The van der Waals surface area contributed by atoms with Crippen molar-refractivity contribution in [1.29, 1.82) is 5.26 Å². The third-order valence-electron chi connectivity index (χ3n) is 5.20. The lowest BCUT2D eigenvalue weighted by Crippen LogP contribution is -2.34. The number of nitriles is 1. The Morgan fingerprint density at radius 1 is 1.24 bits per heavy atom. The summed E-state index contributed by atoms with van der Waals surface area (Å²) in [6.45, 7) is 0. The Morgan fingerprint density at radius 2 is 1.97 bits per heavy atom. The van der Waals surface area contributed by atoms with Gasteiger partial charge in [0.1, 0.15) is 11.6 Å². The molecule has 2 aromatic carbocycles. The molecule has 1 atom stereocenters. The first-order valence-electron chi connectivity index (χ1n) is 8.92. The Bertz CT molecular complexity index is 1190. The van der Waals surface area contributed by atoms with Crippen molar-refractivity contribution in [3.63, 3.8) is 0 Å². The van der Waals surface area contributed by atoms with Gasteiger partial charge in [0.2, 0.25) is 0 Å². The number of nitrogens with two attached hydrogens (primary N) is 1. The van der Waals surface area contributed by atoms with Crippen molar-refractivity contribution in [3.05, 3.63) is 79.7 Å². The number of anilines is 1. The second-order valence-electron chi connectivity index (χ2n) is 6.81. The van der Waals surface area contributed by atoms with E-state index in [1.807, 2.05) is 36.4 Å². The summed E-state index contributed by atoms with van der Waals surface area (Å²) in [7, 11) is -1.93. The third-order valence-corrected chi connectivity index (χ3v) is 7.75. The Kier molecular flexibility index (Phi) is 5.04. The third kappa shape index (κ3) is 3.28. The quantitative estimate of drug-likeness (QED) is 0.623. The minimum atomic E-state index is -3.51. The minimum Gasteiger partial charge on any atom is -0.497 e. The van der Waals surface area contributed by atoms with Crippen molar-refractivity contribution in [1.82, 2.24) is 0 Å². The standard InChI is InChI=1S/C21H18IN3O3S/c1-28-16-7-5-15(6-8-16)25-18-9-10-29(26,27)20(18)19(17(12-23)21(25)24)13-3-2-4-14(22)11-13/h2-8,11,19H,9-10,24H2,1H3/t19-/m0/s1. The van der Waals surface area contributed by atoms with Crippen LogP contribution in [0.1, 0.15) is 17.9 Å². The highest BCUT2D eigenvalue weighted by molar-refractivity contribution is 14.1. The van der Waals surface area contributed by atoms with Crippen molar-refractivity contribution in [2.45, 2.75) is 12.3 Å². The number of halogens is 1. The van der Waals surface area contributed by atoms with Crippen LogP contribution in [0.2, 0.25) is 0 Å². The maximum atomic E-state index is 13.0. The van der Waals surface area contributed by atoms with Crippen LogP contribution in [0.4, 0.5) is 5.69 Å². The van der Waals surface area contributed by atoms with Crippen LogP contribution in [0.5, 0.6) is 5.75 Å². The molecular formula is C21H18IN3O3S. The Morgan fingerprint density at radius 3 is 2.59 bits per heavy atom. The number of allylic oxidation sites excluding steroid dienone is 3. The van der Waals surface area contributed by atoms with E-state index in [9.17, 15) is 13.7 Å². The number of methoxy groups -OCH3 is 1. The van der Waals surface area contributed by atoms with Gasteiger partial charge in [0.05, 0.1) is 35.3 Å². The van der Waals surface area contributed by atoms with Gasteiger partial charge in [-0.1, -0.05) is 12.1 Å². The highest BCUT2D eigenvalue weighted by Crippen LogP contribution is 2.48. The van der Waals surface area contributed by atoms with Gasteiger partial charge in [0.25, 0.3) is 0 Å². The van der Waals surface area contributed by atoms with Crippen LogP contribution in [0.25, 0.3) is 0 Å². The highest BCUT2D eigenvalue weighted by atomic mass is 127. The molecule has 0 unspecified atom stereocenters. The lowest BCUT2D eigenvalue weighted by atomic mass is 9.87. The SMILES string of the molecule is COc1ccc(N2C(N)=C(C#N)[C@H](c3cccc(I)c3)C3=C2CCS3(=O)=O)cc1. The smallest absolute Gasteiger partial charge is 0.177 e. The number of ether oxygens (including phenoxy) is 1. The topological polar surface area (TPSA) is 96.4 Å². The fourth-order valence-corrected chi connectivity index (χ4v) is 6.32. The van der Waals surface area contributed by atoms with Gasteiger partial charge in [-0.25, -0.2) is 8.42 Å². The van der Waals surface area contributed by atoms with E-state index in [-0.39, 0.29) is 22.1 Å². The zero-order chi connectivity index (χ0) is 20.8. The fraction of sp³-hybridized carbons (Fsp3) is 0.190. The number of benzene rings is 2. The predicted molar refractivity (Wildman–Crippen MR) is 120 cm³/mol. The van der Waals surface area contributed by atoms with E-state index in [0.29, 0.717) is 23.6 Å². The van der Waals surface area contributed by atoms with E-state index in [4.69, 9.17) is 10.5 Å². The second-order valence-corrected chi connectivity index (χ2v) is 10.1. The van der Waals surface area contributed by atoms with Crippen LogP contribution in [-0.4, -0.2) is 21.3 Å². The molecule has 0 spiro atoms. The van der Waals surface area contributed by atoms with E-state index >= 15 is 0 Å². The molecule has 0 amide bonds. The van der Waals surface area contributed by atoms with Gasteiger partial charge in [-0.2, -0.15) is 5.26 Å². The molecule has 0 bridgehead atoms. The zero-order valence-corrected chi connectivity index (χ0v) is 18.6. The number of nitrogens with zero attached hydrogens (tertiary/aromatic N) is 2. The lowest BCUT2D eigenvalue weighted by Gasteiger charge is -2.35. The van der Waals surface area contributed by atoms with Crippen molar-refractivity contribution in [2.24, 2.45) is 5.73 Å². The highest BCUT2D eigenvalue weighted by Gasteiger charge is 2.45. The largest absolute Gasteiger partial charge is 0.497 e. The molecule has 2 heterocycles. The molecule has 2 aliphatic heterocycles. The normalized spacial score (nSPS) is 20.4. The molecule has 8 heteroatoms. The summed E-state index contributed by atoms with van der Waals surface area (Å²) in [6, 6.07) is 16.9. The molecule has 0 fully saturated rings. The summed E-state index contributed by atoms with van der Waals surface area (Å²) in [5, 5.41) is 9.95. The molecule has 2 N–H and O–H groups in total. The van der Waals surface area contributed by atoms with Crippen molar-refractivity contribution in [3.8, 4) is 11.8 Å².